The predicted octanol–water partition coefficient (Wildman–Crippen LogP) is 0.939. The van der Waals surface area contributed by atoms with Crippen LogP contribution in [0.1, 0.15) is 38.9 Å². The van der Waals surface area contributed by atoms with Gasteiger partial charge in [-0.1, -0.05) is 6.92 Å². The van der Waals surface area contributed by atoms with Crippen molar-refractivity contribution >= 4 is 0 Å². The molecule has 1 atom stereocenters. The summed E-state index contributed by atoms with van der Waals surface area (Å²) < 4.78 is 1.94. The van der Waals surface area contributed by atoms with Gasteiger partial charge in [0.05, 0.1) is 6.54 Å². The number of aliphatic hydroxyl groups is 1. The van der Waals surface area contributed by atoms with Crippen molar-refractivity contribution in [2.75, 3.05) is 6.61 Å². The van der Waals surface area contributed by atoms with E-state index in [0.717, 1.165) is 38.2 Å². The molecule has 92 valence electrons. The second-order valence-electron chi connectivity index (χ2n) is 4.05. The Hall–Kier alpha value is -0.940. The highest BCUT2D eigenvalue weighted by Crippen LogP contribution is 1.99. The topological polar surface area (TPSA) is 63.0 Å². The molecule has 0 aliphatic carbocycles. The van der Waals surface area contributed by atoms with Gasteiger partial charge >= 0.3 is 0 Å². The summed E-state index contributed by atoms with van der Waals surface area (Å²) in [6.45, 7) is 6.17. The molecular formula is C11H22N4O. The summed E-state index contributed by atoms with van der Waals surface area (Å²) in [6, 6.07) is 0.402. The zero-order chi connectivity index (χ0) is 11.8. The minimum atomic E-state index is 0.262. The fraction of sp³-hybridized carbons (Fsp3) is 0.818. The third kappa shape index (κ3) is 4.28. The van der Waals surface area contributed by atoms with Gasteiger partial charge in [0.15, 0.2) is 0 Å². The third-order valence-electron chi connectivity index (χ3n) is 2.54. The van der Waals surface area contributed by atoms with Crippen LogP contribution in [0, 0.1) is 0 Å². The second kappa shape index (κ2) is 7.35. The third-order valence-corrected chi connectivity index (χ3v) is 2.54. The van der Waals surface area contributed by atoms with E-state index in [0.29, 0.717) is 6.04 Å². The first-order valence-corrected chi connectivity index (χ1v) is 5.98. The largest absolute Gasteiger partial charge is 0.396 e. The average Bonchev–Trinajstić information content (AvgIpc) is 2.72. The van der Waals surface area contributed by atoms with Crippen LogP contribution in [0.3, 0.4) is 0 Å². The molecule has 0 fully saturated rings. The lowest BCUT2D eigenvalue weighted by Gasteiger charge is -2.12. The van der Waals surface area contributed by atoms with Gasteiger partial charge in [-0.05, 0) is 26.2 Å². The lowest BCUT2D eigenvalue weighted by molar-refractivity contribution is 0.276. The Balaban J connectivity index is 2.32. The molecule has 0 aliphatic rings. The lowest BCUT2D eigenvalue weighted by Crippen LogP contribution is -2.27. The van der Waals surface area contributed by atoms with Crippen LogP contribution in [-0.4, -0.2) is 32.5 Å². The normalized spacial score (nSPS) is 12.9. The maximum absolute atomic E-state index is 8.73. The van der Waals surface area contributed by atoms with Crippen molar-refractivity contribution in [1.29, 1.82) is 0 Å². The number of rotatable bonds is 8. The van der Waals surface area contributed by atoms with Crippen LogP contribution in [0.25, 0.3) is 0 Å². The highest BCUT2D eigenvalue weighted by molar-refractivity contribution is 4.84. The van der Waals surface area contributed by atoms with Crippen molar-refractivity contribution in [3.63, 3.8) is 0 Å². The van der Waals surface area contributed by atoms with Crippen LogP contribution in [0.2, 0.25) is 0 Å². The monoisotopic (exact) mass is 226 g/mol. The first kappa shape index (κ1) is 13.1. The number of nitrogens with one attached hydrogen (secondary N) is 1. The number of aliphatic hydroxyl groups excluding tert-OH is 1. The highest BCUT2D eigenvalue weighted by Gasteiger charge is 2.05. The van der Waals surface area contributed by atoms with E-state index in [1.54, 1.807) is 6.33 Å². The molecule has 1 heterocycles. The zero-order valence-electron chi connectivity index (χ0n) is 10.2. The van der Waals surface area contributed by atoms with Crippen LogP contribution in [0.5, 0.6) is 0 Å². The predicted molar refractivity (Wildman–Crippen MR) is 62.9 cm³/mol. The van der Waals surface area contributed by atoms with Crippen molar-refractivity contribution in [3.05, 3.63) is 12.2 Å². The average molecular weight is 226 g/mol. The Kier molecular flexibility index (Phi) is 6.03. The van der Waals surface area contributed by atoms with E-state index in [2.05, 4.69) is 29.2 Å². The fourth-order valence-corrected chi connectivity index (χ4v) is 1.59. The Labute approximate surface area is 96.9 Å². The molecule has 0 amide bonds. The van der Waals surface area contributed by atoms with E-state index < -0.39 is 0 Å². The molecule has 2 N–H and O–H groups in total. The SMILES string of the molecule is CCCn1ncnc1CNC(C)CCCO. The Morgan fingerprint density at radius 3 is 3.06 bits per heavy atom. The Bertz CT molecular complexity index is 287. The van der Waals surface area contributed by atoms with Crippen LogP contribution in [-0.2, 0) is 13.1 Å². The fourth-order valence-electron chi connectivity index (χ4n) is 1.59. The minimum Gasteiger partial charge on any atom is -0.396 e. The van der Waals surface area contributed by atoms with Gasteiger partial charge in [-0.25, -0.2) is 9.67 Å². The van der Waals surface area contributed by atoms with Crippen molar-refractivity contribution < 1.29 is 5.11 Å². The van der Waals surface area contributed by atoms with E-state index >= 15 is 0 Å². The maximum Gasteiger partial charge on any atom is 0.140 e. The second-order valence-corrected chi connectivity index (χ2v) is 4.05. The lowest BCUT2D eigenvalue weighted by atomic mass is 10.2. The Morgan fingerprint density at radius 1 is 1.56 bits per heavy atom. The number of aryl methyl sites for hydroxylation is 1. The van der Waals surface area contributed by atoms with Crippen molar-refractivity contribution in [2.24, 2.45) is 0 Å². The summed E-state index contributed by atoms with van der Waals surface area (Å²) in [5, 5.41) is 16.3. The minimum absolute atomic E-state index is 0.262. The molecule has 1 rings (SSSR count). The van der Waals surface area contributed by atoms with Crippen molar-refractivity contribution in [2.45, 2.75) is 52.2 Å². The van der Waals surface area contributed by atoms with Gasteiger partial charge in [-0.15, -0.1) is 0 Å². The number of hydrogen-bond acceptors (Lipinski definition) is 4. The summed E-state index contributed by atoms with van der Waals surface area (Å²) in [6.07, 6.45) is 4.50. The molecule has 0 bridgehead atoms. The summed E-state index contributed by atoms with van der Waals surface area (Å²) in [5.41, 5.74) is 0. The molecule has 0 aliphatic heterocycles. The van der Waals surface area contributed by atoms with Gasteiger partial charge in [0.25, 0.3) is 0 Å². The van der Waals surface area contributed by atoms with Crippen LogP contribution >= 0.6 is 0 Å². The number of nitrogens with zero attached hydrogens (tertiary/aromatic N) is 3. The first-order valence-electron chi connectivity index (χ1n) is 5.98. The first-order chi connectivity index (χ1) is 7.77. The highest BCUT2D eigenvalue weighted by atomic mass is 16.2. The molecule has 0 spiro atoms. The van der Waals surface area contributed by atoms with Gasteiger partial charge in [-0.3, -0.25) is 0 Å². The van der Waals surface area contributed by atoms with Gasteiger partial charge in [-0.2, -0.15) is 5.10 Å². The standard InChI is InChI=1S/C11H22N4O/c1-3-6-15-11(13-9-14-15)8-12-10(2)5-4-7-16/h9-10,12,16H,3-8H2,1-2H3. The molecule has 16 heavy (non-hydrogen) atoms. The van der Waals surface area contributed by atoms with Crippen LogP contribution in [0.15, 0.2) is 6.33 Å². The van der Waals surface area contributed by atoms with Crippen LogP contribution < -0.4 is 5.32 Å². The van der Waals surface area contributed by atoms with E-state index in [4.69, 9.17) is 5.11 Å². The summed E-state index contributed by atoms with van der Waals surface area (Å²) in [5.74, 6) is 0.984. The maximum atomic E-state index is 8.73. The van der Waals surface area contributed by atoms with Crippen molar-refractivity contribution in [1.82, 2.24) is 20.1 Å². The molecule has 1 aromatic rings. The summed E-state index contributed by atoms with van der Waals surface area (Å²) >= 11 is 0. The van der Waals surface area contributed by atoms with Gasteiger partial charge < -0.3 is 10.4 Å². The molecule has 5 heteroatoms. The Morgan fingerprint density at radius 2 is 2.38 bits per heavy atom. The van der Waals surface area contributed by atoms with E-state index in [1.165, 1.54) is 0 Å². The molecular weight excluding hydrogens is 204 g/mol. The van der Waals surface area contributed by atoms with Gasteiger partial charge in [0, 0.05) is 19.2 Å². The molecule has 0 saturated heterocycles. The van der Waals surface area contributed by atoms with E-state index in [1.807, 2.05) is 4.68 Å². The summed E-state index contributed by atoms with van der Waals surface area (Å²) in [4.78, 5) is 4.23. The molecule has 5 nitrogen and oxygen atoms in total. The number of hydrogen-bond donors (Lipinski definition) is 2. The molecule has 0 saturated carbocycles. The van der Waals surface area contributed by atoms with E-state index in [9.17, 15) is 0 Å². The zero-order valence-corrected chi connectivity index (χ0v) is 10.2. The molecule has 0 aromatic carbocycles. The molecule has 1 aromatic heterocycles. The molecule has 0 radical (unpaired) electrons. The molecule has 1 unspecified atom stereocenters. The van der Waals surface area contributed by atoms with Gasteiger partial charge in [0.1, 0.15) is 12.2 Å². The summed E-state index contributed by atoms with van der Waals surface area (Å²) in [7, 11) is 0. The van der Waals surface area contributed by atoms with Crippen molar-refractivity contribution in [3.8, 4) is 0 Å². The van der Waals surface area contributed by atoms with Gasteiger partial charge in [0.2, 0.25) is 0 Å². The number of aromatic nitrogens is 3. The smallest absolute Gasteiger partial charge is 0.140 e. The quantitative estimate of drug-likeness (QED) is 0.692. The van der Waals surface area contributed by atoms with E-state index in [-0.39, 0.29) is 6.61 Å². The van der Waals surface area contributed by atoms with Crippen LogP contribution in [0.4, 0.5) is 0 Å².